The van der Waals surface area contributed by atoms with E-state index >= 15 is 0 Å². The highest BCUT2D eigenvalue weighted by Gasteiger charge is 2.17. The molecule has 0 aromatic heterocycles. The Hall–Kier alpha value is 0.0100. The second-order valence-corrected chi connectivity index (χ2v) is 6.62. The molecule has 0 rings (SSSR count). The van der Waals surface area contributed by atoms with Gasteiger partial charge in [0.05, 0.1) is 19.5 Å². The van der Waals surface area contributed by atoms with E-state index in [2.05, 4.69) is 26.7 Å². The lowest BCUT2D eigenvalue weighted by Gasteiger charge is -2.11. The number of ether oxygens (including phenoxy) is 1. The molecule has 90 valence electrons. The summed E-state index contributed by atoms with van der Waals surface area (Å²) >= 11 is 0. The van der Waals surface area contributed by atoms with Crippen LogP contribution in [0.1, 0.15) is 20.3 Å². The van der Waals surface area contributed by atoms with Gasteiger partial charge in [-0.25, -0.2) is 0 Å². The van der Waals surface area contributed by atoms with E-state index in [1.54, 1.807) is 6.08 Å². The van der Waals surface area contributed by atoms with Gasteiger partial charge in [0, 0.05) is 0 Å². The maximum absolute atomic E-state index is 9.66. The molecule has 0 aromatic rings. The second-order valence-electron chi connectivity index (χ2n) is 4.31. The average molecular weight is 233 g/mol. The first-order chi connectivity index (χ1) is 7.06. The normalized spacial score (nSPS) is 15.3. The molecule has 0 bridgehead atoms. The van der Waals surface area contributed by atoms with Crippen molar-refractivity contribution in [3.8, 4) is 0 Å². The Labute approximate surface area is 97.1 Å². The van der Waals surface area contributed by atoms with E-state index in [0.717, 1.165) is 11.7 Å². The van der Waals surface area contributed by atoms with Crippen LogP contribution in [-0.2, 0) is 15.6 Å². The Bertz CT molecular complexity index is 160. The SMILES string of the molecule is C=CCOCC(O)C[S+](C)CCC(C)C. The van der Waals surface area contributed by atoms with Gasteiger partial charge in [-0.3, -0.25) is 0 Å². The Balaban J connectivity index is 3.48. The average Bonchev–Trinajstić information content (AvgIpc) is 2.15. The van der Waals surface area contributed by atoms with Crippen LogP contribution in [0.5, 0.6) is 0 Å². The highest BCUT2D eigenvalue weighted by atomic mass is 32.2. The summed E-state index contributed by atoms with van der Waals surface area (Å²) < 4.78 is 5.21. The van der Waals surface area contributed by atoms with Gasteiger partial charge >= 0.3 is 0 Å². The minimum Gasteiger partial charge on any atom is -0.386 e. The zero-order chi connectivity index (χ0) is 11.7. The van der Waals surface area contributed by atoms with Gasteiger partial charge < -0.3 is 9.84 Å². The topological polar surface area (TPSA) is 29.5 Å². The van der Waals surface area contributed by atoms with Crippen LogP contribution >= 0.6 is 0 Å². The molecule has 0 saturated heterocycles. The van der Waals surface area contributed by atoms with Crippen LogP contribution in [-0.4, -0.2) is 42.2 Å². The first-order valence-electron chi connectivity index (χ1n) is 5.52. The summed E-state index contributed by atoms with van der Waals surface area (Å²) in [7, 11) is 0.318. The summed E-state index contributed by atoms with van der Waals surface area (Å²) in [6.07, 6.45) is 4.86. The quantitative estimate of drug-likeness (QED) is 0.374. The van der Waals surface area contributed by atoms with Gasteiger partial charge in [-0.1, -0.05) is 19.9 Å². The predicted molar refractivity (Wildman–Crippen MR) is 69.5 cm³/mol. The zero-order valence-corrected chi connectivity index (χ0v) is 11.1. The van der Waals surface area contributed by atoms with Crippen LogP contribution in [0.25, 0.3) is 0 Å². The minimum atomic E-state index is -0.314. The largest absolute Gasteiger partial charge is 0.386 e. The van der Waals surface area contributed by atoms with Gasteiger partial charge in [-0.05, 0) is 23.2 Å². The van der Waals surface area contributed by atoms with Crippen molar-refractivity contribution in [2.45, 2.75) is 26.4 Å². The van der Waals surface area contributed by atoms with Crippen LogP contribution in [0.3, 0.4) is 0 Å². The third kappa shape index (κ3) is 10.3. The van der Waals surface area contributed by atoms with Crippen molar-refractivity contribution < 1.29 is 9.84 Å². The van der Waals surface area contributed by atoms with E-state index in [0.29, 0.717) is 24.1 Å². The third-order valence-electron chi connectivity index (χ3n) is 2.07. The van der Waals surface area contributed by atoms with Gasteiger partial charge in [0.25, 0.3) is 0 Å². The van der Waals surface area contributed by atoms with Crippen LogP contribution < -0.4 is 0 Å². The van der Waals surface area contributed by atoms with Crippen LogP contribution in [0.15, 0.2) is 12.7 Å². The number of rotatable bonds is 9. The van der Waals surface area contributed by atoms with Crippen LogP contribution in [0.2, 0.25) is 0 Å². The molecule has 0 aliphatic heterocycles. The molecule has 0 aromatic carbocycles. The lowest BCUT2D eigenvalue weighted by molar-refractivity contribution is 0.0622. The summed E-state index contributed by atoms with van der Waals surface area (Å²) in [6.45, 7) is 9.00. The maximum atomic E-state index is 9.66. The van der Waals surface area contributed by atoms with E-state index < -0.39 is 0 Å². The smallest absolute Gasteiger partial charge is 0.135 e. The second kappa shape index (κ2) is 9.25. The summed E-state index contributed by atoms with van der Waals surface area (Å²) in [5.74, 6) is 2.84. The monoisotopic (exact) mass is 233 g/mol. The molecular formula is C12H25O2S+. The predicted octanol–water partition coefficient (Wildman–Crippen LogP) is 1.84. The van der Waals surface area contributed by atoms with Crippen molar-refractivity contribution in [2.75, 3.05) is 31.0 Å². The van der Waals surface area contributed by atoms with E-state index in [-0.39, 0.29) is 6.10 Å². The summed E-state index contributed by atoms with van der Waals surface area (Å²) in [5, 5.41) is 9.66. The molecule has 2 atom stereocenters. The maximum Gasteiger partial charge on any atom is 0.135 e. The van der Waals surface area contributed by atoms with Crippen molar-refractivity contribution >= 4 is 10.9 Å². The molecule has 0 spiro atoms. The van der Waals surface area contributed by atoms with Crippen molar-refractivity contribution in [1.82, 2.24) is 0 Å². The molecule has 0 aliphatic rings. The highest BCUT2D eigenvalue weighted by molar-refractivity contribution is 7.96. The van der Waals surface area contributed by atoms with Crippen molar-refractivity contribution in [1.29, 1.82) is 0 Å². The molecule has 1 N–H and O–H groups in total. The molecular weight excluding hydrogens is 208 g/mol. The van der Waals surface area contributed by atoms with Gasteiger partial charge in [0.2, 0.25) is 0 Å². The number of hydrogen-bond donors (Lipinski definition) is 1. The van der Waals surface area contributed by atoms with Crippen molar-refractivity contribution in [2.24, 2.45) is 5.92 Å². The van der Waals surface area contributed by atoms with Crippen molar-refractivity contribution in [3.05, 3.63) is 12.7 Å². The first kappa shape index (κ1) is 15.0. The Morgan fingerprint density at radius 1 is 1.47 bits per heavy atom. The number of aliphatic hydroxyl groups is 1. The van der Waals surface area contributed by atoms with E-state index in [1.807, 2.05) is 0 Å². The molecule has 2 unspecified atom stereocenters. The molecule has 0 heterocycles. The highest BCUT2D eigenvalue weighted by Crippen LogP contribution is 2.05. The number of hydrogen-bond acceptors (Lipinski definition) is 2. The van der Waals surface area contributed by atoms with E-state index in [9.17, 15) is 5.11 Å². The number of aliphatic hydroxyl groups excluding tert-OH is 1. The fraction of sp³-hybridized carbons (Fsp3) is 0.833. The molecule has 0 fully saturated rings. The van der Waals surface area contributed by atoms with Crippen LogP contribution in [0, 0.1) is 5.92 Å². The molecule has 0 aliphatic carbocycles. The first-order valence-corrected chi connectivity index (χ1v) is 7.49. The van der Waals surface area contributed by atoms with Gasteiger partial charge in [0.15, 0.2) is 0 Å². The Morgan fingerprint density at radius 3 is 2.67 bits per heavy atom. The van der Waals surface area contributed by atoms with Gasteiger partial charge in [-0.15, -0.1) is 6.58 Å². The lowest BCUT2D eigenvalue weighted by Crippen LogP contribution is -2.27. The summed E-state index contributed by atoms with van der Waals surface area (Å²) in [4.78, 5) is 0. The summed E-state index contributed by atoms with van der Waals surface area (Å²) in [5.41, 5.74) is 0. The van der Waals surface area contributed by atoms with E-state index in [1.165, 1.54) is 12.2 Å². The third-order valence-corrected chi connectivity index (χ3v) is 3.95. The standard InChI is InChI=1S/C12H25O2S/c1-5-7-14-9-12(13)10-15(4)8-6-11(2)3/h5,11-13H,1,6-10H2,2-4H3/q+1. The summed E-state index contributed by atoms with van der Waals surface area (Å²) in [6, 6.07) is 0. The molecule has 0 saturated carbocycles. The van der Waals surface area contributed by atoms with Crippen LogP contribution in [0.4, 0.5) is 0 Å². The Kier molecular flexibility index (Phi) is 9.26. The van der Waals surface area contributed by atoms with E-state index in [4.69, 9.17) is 4.74 Å². The van der Waals surface area contributed by atoms with Gasteiger partial charge in [-0.2, -0.15) is 0 Å². The fourth-order valence-corrected chi connectivity index (χ4v) is 2.98. The minimum absolute atomic E-state index is 0.314. The molecule has 0 radical (unpaired) electrons. The fourth-order valence-electron chi connectivity index (χ4n) is 1.18. The lowest BCUT2D eigenvalue weighted by atomic mass is 10.2. The Morgan fingerprint density at radius 2 is 2.13 bits per heavy atom. The molecule has 2 nitrogen and oxygen atoms in total. The molecule has 15 heavy (non-hydrogen) atoms. The zero-order valence-electron chi connectivity index (χ0n) is 10.2. The molecule has 3 heteroatoms. The molecule has 0 amide bonds. The van der Waals surface area contributed by atoms with Gasteiger partial charge in [0.1, 0.15) is 17.6 Å². The van der Waals surface area contributed by atoms with Crippen molar-refractivity contribution in [3.63, 3.8) is 0 Å².